The molecular weight excluding hydrogens is 328 g/mol. The van der Waals surface area contributed by atoms with Crippen molar-refractivity contribution < 1.29 is 14.3 Å². The minimum Gasteiger partial charge on any atom is -0.490 e. The van der Waals surface area contributed by atoms with Crippen LogP contribution in [-0.2, 0) is 16.1 Å². The van der Waals surface area contributed by atoms with Crippen molar-refractivity contribution in [1.29, 1.82) is 0 Å². The number of amides is 2. The van der Waals surface area contributed by atoms with E-state index in [1.54, 1.807) is 35.2 Å². The van der Waals surface area contributed by atoms with Crippen molar-refractivity contribution in [2.45, 2.75) is 13.0 Å². The largest absolute Gasteiger partial charge is 0.490 e. The van der Waals surface area contributed by atoms with Crippen molar-refractivity contribution in [3.05, 3.63) is 72.8 Å². The normalized spacial score (nSPS) is 16.4. The maximum atomic E-state index is 12.5. The molecule has 3 rings (SSSR count). The molecule has 134 valence electrons. The summed E-state index contributed by atoms with van der Waals surface area (Å²) in [4.78, 5) is 26.4. The molecule has 0 saturated carbocycles. The highest BCUT2D eigenvalue weighted by Gasteiger charge is 2.34. The van der Waals surface area contributed by atoms with E-state index < -0.39 is 0 Å². The molecule has 2 aromatic carbocycles. The molecule has 0 unspecified atom stereocenters. The number of likely N-dealkylation sites (tertiary alicyclic amines) is 1. The molecule has 0 spiro atoms. The molecule has 0 bridgehead atoms. The van der Waals surface area contributed by atoms with E-state index in [1.807, 2.05) is 30.3 Å². The van der Waals surface area contributed by atoms with Gasteiger partial charge in [0.25, 0.3) is 0 Å². The number of anilines is 1. The topological polar surface area (TPSA) is 58.6 Å². The lowest BCUT2D eigenvalue weighted by molar-refractivity contribution is -0.128. The Kier molecular flexibility index (Phi) is 5.69. The van der Waals surface area contributed by atoms with Crippen LogP contribution >= 0.6 is 0 Å². The molecule has 1 heterocycles. The van der Waals surface area contributed by atoms with E-state index >= 15 is 0 Å². The Morgan fingerprint density at radius 1 is 1.19 bits per heavy atom. The summed E-state index contributed by atoms with van der Waals surface area (Å²) in [5.74, 6) is 0.270. The zero-order chi connectivity index (χ0) is 18.4. The van der Waals surface area contributed by atoms with E-state index in [2.05, 4.69) is 11.9 Å². The first-order valence-electron chi connectivity index (χ1n) is 8.62. The zero-order valence-corrected chi connectivity index (χ0v) is 14.6. The Bertz CT molecular complexity index is 772. The van der Waals surface area contributed by atoms with Crippen LogP contribution in [0.5, 0.6) is 5.75 Å². The summed E-state index contributed by atoms with van der Waals surface area (Å²) < 4.78 is 5.42. The molecule has 5 nitrogen and oxygen atoms in total. The van der Waals surface area contributed by atoms with Crippen LogP contribution in [0.2, 0.25) is 0 Å². The Morgan fingerprint density at radius 2 is 1.92 bits per heavy atom. The summed E-state index contributed by atoms with van der Waals surface area (Å²) in [7, 11) is 0. The number of ether oxygens (including phenoxy) is 1. The monoisotopic (exact) mass is 350 g/mol. The standard InChI is InChI=1S/C21H22N2O3/c1-2-12-26-19-10-8-18(9-11-19)22-21(25)17-13-20(24)23(15-17)14-16-6-4-3-5-7-16/h2-11,17H,1,12-15H2,(H,22,25)/t17-/m0/s1. The molecule has 1 aliphatic heterocycles. The van der Waals surface area contributed by atoms with E-state index in [0.717, 1.165) is 5.56 Å². The quantitative estimate of drug-likeness (QED) is 0.780. The lowest BCUT2D eigenvalue weighted by Crippen LogP contribution is -2.28. The molecule has 2 aromatic rings. The van der Waals surface area contributed by atoms with Gasteiger partial charge in [-0.15, -0.1) is 0 Å². The Morgan fingerprint density at radius 3 is 2.62 bits per heavy atom. The Labute approximate surface area is 153 Å². The molecule has 1 aliphatic rings. The van der Waals surface area contributed by atoms with Crippen LogP contribution in [0, 0.1) is 5.92 Å². The third kappa shape index (κ3) is 4.51. The number of hydrogen-bond donors (Lipinski definition) is 1. The second-order valence-electron chi connectivity index (χ2n) is 6.27. The minimum atomic E-state index is -0.331. The van der Waals surface area contributed by atoms with Crippen LogP contribution in [0.3, 0.4) is 0 Å². The number of carbonyl (C=O) groups is 2. The smallest absolute Gasteiger partial charge is 0.229 e. The first-order chi connectivity index (χ1) is 12.7. The average Bonchev–Trinajstić information content (AvgIpc) is 3.03. The van der Waals surface area contributed by atoms with Gasteiger partial charge in [-0.25, -0.2) is 0 Å². The number of carbonyl (C=O) groups excluding carboxylic acids is 2. The molecule has 1 saturated heterocycles. The molecule has 1 fully saturated rings. The van der Waals surface area contributed by atoms with E-state index in [0.29, 0.717) is 31.1 Å². The number of benzene rings is 2. The Balaban J connectivity index is 1.55. The number of hydrogen-bond acceptors (Lipinski definition) is 3. The van der Waals surface area contributed by atoms with E-state index in [4.69, 9.17) is 4.74 Å². The van der Waals surface area contributed by atoms with Crippen molar-refractivity contribution in [1.82, 2.24) is 4.90 Å². The fourth-order valence-corrected chi connectivity index (χ4v) is 2.94. The van der Waals surface area contributed by atoms with E-state index in [9.17, 15) is 9.59 Å². The molecule has 5 heteroatoms. The van der Waals surface area contributed by atoms with Gasteiger partial charge in [0, 0.05) is 25.2 Å². The fourth-order valence-electron chi connectivity index (χ4n) is 2.94. The van der Waals surface area contributed by atoms with Crippen molar-refractivity contribution in [2.24, 2.45) is 5.92 Å². The summed E-state index contributed by atoms with van der Waals surface area (Å²) in [6.45, 7) is 5.02. The SMILES string of the molecule is C=CCOc1ccc(NC(=O)[C@H]2CC(=O)N(Cc3ccccc3)C2)cc1. The van der Waals surface area contributed by atoms with Gasteiger partial charge < -0.3 is 15.0 Å². The van der Waals surface area contributed by atoms with E-state index in [1.165, 1.54) is 0 Å². The van der Waals surface area contributed by atoms with Gasteiger partial charge in [-0.2, -0.15) is 0 Å². The third-order valence-electron chi connectivity index (χ3n) is 4.29. The highest BCUT2D eigenvalue weighted by molar-refractivity contribution is 5.97. The second kappa shape index (κ2) is 8.34. The summed E-state index contributed by atoms with van der Waals surface area (Å²) in [6, 6.07) is 17.0. The predicted octanol–water partition coefficient (Wildman–Crippen LogP) is 3.24. The number of nitrogens with zero attached hydrogens (tertiary/aromatic N) is 1. The van der Waals surface area contributed by atoms with Crippen molar-refractivity contribution in [3.8, 4) is 5.75 Å². The van der Waals surface area contributed by atoms with Gasteiger partial charge in [-0.1, -0.05) is 43.0 Å². The van der Waals surface area contributed by atoms with Gasteiger partial charge in [0.05, 0.1) is 5.92 Å². The molecule has 1 N–H and O–H groups in total. The van der Waals surface area contributed by atoms with Crippen LogP contribution in [0.25, 0.3) is 0 Å². The third-order valence-corrected chi connectivity index (χ3v) is 4.29. The highest BCUT2D eigenvalue weighted by Crippen LogP contribution is 2.23. The molecule has 0 radical (unpaired) electrons. The average molecular weight is 350 g/mol. The number of rotatable bonds is 7. The molecule has 0 aromatic heterocycles. The zero-order valence-electron chi connectivity index (χ0n) is 14.6. The van der Waals surface area contributed by atoms with Crippen LogP contribution in [0.4, 0.5) is 5.69 Å². The molecule has 2 amide bonds. The van der Waals surface area contributed by atoms with Crippen molar-refractivity contribution in [3.63, 3.8) is 0 Å². The predicted molar refractivity (Wildman–Crippen MR) is 101 cm³/mol. The van der Waals surface area contributed by atoms with Crippen molar-refractivity contribution in [2.75, 3.05) is 18.5 Å². The summed E-state index contributed by atoms with van der Waals surface area (Å²) in [5, 5.41) is 2.88. The van der Waals surface area contributed by atoms with Gasteiger partial charge in [0.2, 0.25) is 11.8 Å². The molecule has 1 atom stereocenters. The Hall–Kier alpha value is -3.08. The van der Waals surface area contributed by atoms with Crippen LogP contribution in [-0.4, -0.2) is 29.9 Å². The van der Waals surface area contributed by atoms with Gasteiger partial charge in [-0.3, -0.25) is 9.59 Å². The number of nitrogens with one attached hydrogen (secondary N) is 1. The lowest BCUT2D eigenvalue weighted by Gasteiger charge is -2.16. The first kappa shape index (κ1) is 17.7. The van der Waals surface area contributed by atoms with E-state index in [-0.39, 0.29) is 24.2 Å². The van der Waals surface area contributed by atoms with Gasteiger partial charge in [0.1, 0.15) is 12.4 Å². The highest BCUT2D eigenvalue weighted by atomic mass is 16.5. The maximum Gasteiger partial charge on any atom is 0.229 e. The van der Waals surface area contributed by atoms with Crippen LogP contribution in [0.15, 0.2) is 67.3 Å². The van der Waals surface area contributed by atoms with Crippen molar-refractivity contribution >= 4 is 17.5 Å². The summed E-state index contributed by atoms with van der Waals surface area (Å²) in [5.41, 5.74) is 1.76. The van der Waals surface area contributed by atoms with Gasteiger partial charge >= 0.3 is 0 Å². The maximum absolute atomic E-state index is 12.5. The summed E-state index contributed by atoms with van der Waals surface area (Å²) >= 11 is 0. The second-order valence-corrected chi connectivity index (χ2v) is 6.27. The molecule has 26 heavy (non-hydrogen) atoms. The molecule has 0 aliphatic carbocycles. The first-order valence-corrected chi connectivity index (χ1v) is 8.62. The molecular formula is C21H22N2O3. The van der Waals surface area contributed by atoms with Gasteiger partial charge in [-0.05, 0) is 29.8 Å². The van der Waals surface area contributed by atoms with Gasteiger partial charge in [0.15, 0.2) is 0 Å². The minimum absolute atomic E-state index is 0.0159. The summed E-state index contributed by atoms with van der Waals surface area (Å²) in [6.07, 6.45) is 1.92. The lowest BCUT2D eigenvalue weighted by atomic mass is 10.1. The van der Waals surface area contributed by atoms with Crippen LogP contribution in [0.1, 0.15) is 12.0 Å². The fraction of sp³-hybridized carbons (Fsp3) is 0.238. The van der Waals surface area contributed by atoms with Crippen LogP contribution < -0.4 is 10.1 Å².